The lowest BCUT2D eigenvalue weighted by Gasteiger charge is -2.09. The second-order valence-electron chi connectivity index (χ2n) is 3.92. The summed E-state index contributed by atoms with van der Waals surface area (Å²) in [6.45, 7) is 3.59. The van der Waals surface area contributed by atoms with Crippen molar-refractivity contribution < 1.29 is 5.11 Å². The van der Waals surface area contributed by atoms with Crippen LogP contribution < -0.4 is 0 Å². The number of rotatable bonds is 2. The number of aryl methyl sites for hydroxylation is 1. The maximum absolute atomic E-state index is 9.52. The van der Waals surface area contributed by atoms with Gasteiger partial charge in [-0.25, -0.2) is 9.97 Å². The first-order chi connectivity index (χ1) is 8.08. The van der Waals surface area contributed by atoms with Gasteiger partial charge < -0.3 is 5.11 Å². The molecule has 0 radical (unpaired) electrons. The summed E-state index contributed by atoms with van der Waals surface area (Å²) >= 11 is 3.39. The molecule has 88 valence electrons. The van der Waals surface area contributed by atoms with Crippen LogP contribution in [0.25, 0.3) is 11.4 Å². The van der Waals surface area contributed by atoms with Crippen LogP contribution in [0.3, 0.4) is 0 Å². The van der Waals surface area contributed by atoms with E-state index in [0.29, 0.717) is 5.82 Å². The van der Waals surface area contributed by atoms with Crippen molar-refractivity contribution >= 4 is 15.9 Å². The van der Waals surface area contributed by atoms with Gasteiger partial charge in [-0.05, 0) is 26.0 Å². The van der Waals surface area contributed by atoms with E-state index in [1.165, 1.54) is 0 Å². The van der Waals surface area contributed by atoms with E-state index in [4.69, 9.17) is 0 Å². The fourth-order valence-corrected chi connectivity index (χ4v) is 1.89. The summed E-state index contributed by atoms with van der Waals surface area (Å²) in [5, 5.41) is 9.52. The monoisotopic (exact) mass is 292 g/mol. The number of aliphatic hydroxyl groups is 1. The first kappa shape index (κ1) is 12.2. The van der Waals surface area contributed by atoms with Gasteiger partial charge in [0.1, 0.15) is 0 Å². The first-order valence-electron chi connectivity index (χ1n) is 5.35. The first-order valence-corrected chi connectivity index (χ1v) is 6.15. The third-order valence-corrected chi connectivity index (χ3v) is 3.10. The zero-order valence-corrected chi connectivity index (χ0v) is 11.3. The van der Waals surface area contributed by atoms with E-state index < -0.39 is 6.10 Å². The molecule has 0 saturated carbocycles. The largest absolute Gasteiger partial charge is 0.389 e. The van der Waals surface area contributed by atoms with Gasteiger partial charge in [0.05, 0.1) is 6.10 Å². The van der Waals surface area contributed by atoms with Crippen LogP contribution in [0.1, 0.15) is 24.3 Å². The van der Waals surface area contributed by atoms with Crippen LogP contribution in [0.2, 0.25) is 0 Å². The average Bonchev–Trinajstić information content (AvgIpc) is 2.29. The quantitative estimate of drug-likeness (QED) is 0.924. The van der Waals surface area contributed by atoms with Crippen molar-refractivity contribution in [1.29, 1.82) is 0 Å². The fourth-order valence-electron chi connectivity index (χ4n) is 1.62. The van der Waals surface area contributed by atoms with Crippen LogP contribution in [0.15, 0.2) is 34.9 Å². The van der Waals surface area contributed by atoms with Crippen LogP contribution in [0.5, 0.6) is 0 Å². The van der Waals surface area contributed by atoms with Crippen molar-refractivity contribution in [2.75, 3.05) is 0 Å². The van der Waals surface area contributed by atoms with Gasteiger partial charge in [-0.1, -0.05) is 28.1 Å². The van der Waals surface area contributed by atoms with E-state index in [2.05, 4.69) is 25.9 Å². The van der Waals surface area contributed by atoms with Crippen LogP contribution in [-0.4, -0.2) is 15.1 Å². The molecule has 0 unspecified atom stereocenters. The molecule has 17 heavy (non-hydrogen) atoms. The van der Waals surface area contributed by atoms with E-state index in [1.54, 1.807) is 13.1 Å². The summed E-state index contributed by atoms with van der Waals surface area (Å²) < 4.78 is 1.03. The lowest BCUT2D eigenvalue weighted by atomic mass is 10.1. The number of hydrogen-bond donors (Lipinski definition) is 1. The zero-order chi connectivity index (χ0) is 12.4. The molecule has 0 amide bonds. The summed E-state index contributed by atoms with van der Waals surface area (Å²) in [6.07, 6.45) is 1.15. The van der Waals surface area contributed by atoms with Crippen LogP contribution >= 0.6 is 15.9 Å². The predicted octanol–water partition coefficient (Wildman–Crippen LogP) is 3.27. The lowest BCUT2D eigenvalue weighted by molar-refractivity contribution is 0.197. The minimum Gasteiger partial charge on any atom is -0.389 e. The van der Waals surface area contributed by atoms with Gasteiger partial charge in [0, 0.05) is 27.5 Å². The van der Waals surface area contributed by atoms with Gasteiger partial charge in [0.2, 0.25) is 0 Å². The summed E-state index contributed by atoms with van der Waals surface area (Å²) in [5.41, 5.74) is 2.55. The SMILES string of the molecule is Cc1nc(-c2ccc(Br)cc2)ncc1[C@@H](C)O. The molecule has 1 heterocycles. The Morgan fingerprint density at radius 3 is 2.41 bits per heavy atom. The normalized spacial score (nSPS) is 12.5. The third-order valence-electron chi connectivity index (χ3n) is 2.57. The highest BCUT2D eigenvalue weighted by molar-refractivity contribution is 9.10. The Hall–Kier alpha value is -1.26. The summed E-state index contributed by atoms with van der Waals surface area (Å²) in [6, 6.07) is 7.83. The minimum atomic E-state index is -0.533. The molecule has 1 atom stereocenters. The Morgan fingerprint density at radius 2 is 1.88 bits per heavy atom. The maximum Gasteiger partial charge on any atom is 0.159 e. The molecule has 0 spiro atoms. The van der Waals surface area contributed by atoms with Crippen molar-refractivity contribution in [3.8, 4) is 11.4 Å². The Balaban J connectivity index is 2.41. The van der Waals surface area contributed by atoms with Gasteiger partial charge in [0.25, 0.3) is 0 Å². The second kappa shape index (κ2) is 4.94. The summed E-state index contributed by atoms with van der Waals surface area (Å²) in [7, 11) is 0. The molecular weight excluding hydrogens is 280 g/mol. The zero-order valence-electron chi connectivity index (χ0n) is 9.68. The molecule has 1 aromatic carbocycles. The third kappa shape index (κ3) is 2.70. The molecule has 2 rings (SSSR count). The lowest BCUT2D eigenvalue weighted by Crippen LogP contribution is -2.01. The van der Waals surface area contributed by atoms with E-state index >= 15 is 0 Å². The minimum absolute atomic E-state index is 0.533. The molecule has 0 saturated heterocycles. The Bertz CT molecular complexity index is 523. The number of benzene rings is 1. The molecule has 1 aromatic heterocycles. The molecule has 2 aromatic rings. The standard InChI is InChI=1S/C13H13BrN2O/c1-8-12(9(2)17)7-15-13(16-8)10-3-5-11(14)6-4-10/h3-7,9,17H,1-2H3/t9-/m1/s1. The molecule has 0 bridgehead atoms. The van der Waals surface area contributed by atoms with Crippen LogP contribution in [0, 0.1) is 6.92 Å². The van der Waals surface area contributed by atoms with Gasteiger partial charge in [0.15, 0.2) is 5.82 Å². The maximum atomic E-state index is 9.52. The van der Waals surface area contributed by atoms with Crippen molar-refractivity contribution in [3.63, 3.8) is 0 Å². The van der Waals surface area contributed by atoms with E-state index in [1.807, 2.05) is 31.2 Å². The molecule has 1 N–H and O–H groups in total. The molecule has 0 aliphatic carbocycles. The molecule has 3 nitrogen and oxygen atoms in total. The van der Waals surface area contributed by atoms with Gasteiger partial charge in [-0.2, -0.15) is 0 Å². The number of aliphatic hydroxyl groups excluding tert-OH is 1. The van der Waals surface area contributed by atoms with Crippen LogP contribution in [-0.2, 0) is 0 Å². The smallest absolute Gasteiger partial charge is 0.159 e. The topological polar surface area (TPSA) is 46.0 Å². The second-order valence-corrected chi connectivity index (χ2v) is 4.83. The highest BCUT2D eigenvalue weighted by atomic mass is 79.9. The average molecular weight is 293 g/mol. The molecule has 0 aliphatic heterocycles. The Kier molecular flexibility index (Phi) is 3.54. The predicted molar refractivity (Wildman–Crippen MR) is 70.5 cm³/mol. The molecule has 0 aliphatic rings. The number of nitrogens with zero attached hydrogens (tertiary/aromatic N) is 2. The number of hydrogen-bond acceptors (Lipinski definition) is 3. The van der Waals surface area contributed by atoms with Crippen molar-refractivity contribution in [2.24, 2.45) is 0 Å². The number of aromatic nitrogens is 2. The molecular formula is C13H13BrN2O. The highest BCUT2D eigenvalue weighted by Crippen LogP contribution is 2.21. The highest BCUT2D eigenvalue weighted by Gasteiger charge is 2.09. The van der Waals surface area contributed by atoms with Gasteiger partial charge in [-0.15, -0.1) is 0 Å². The fraction of sp³-hybridized carbons (Fsp3) is 0.231. The van der Waals surface area contributed by atoms with Crippen LogP contribution in [0.4, 0.5) is 0 Å². The number of halogens is 1. The Morgan fingerprint density at radius 1 is 1.24 bits per heavy atom. The van der Waals surface area contributed by atoms with Crippen molar-refractivity contribution in [1.82, 2.24) is 9.97 Å². The molecule has 4 heteroatoms. The van der Waals surface area contributed by atoms with Gasteiger partial charge in [-0.3, -0.25) is 0 Å². The summed E-state index contributed by atoms with van der Waals surface area (Å²) in [4.78, 5) is 8.68. The van der Waals surface area contributed by atoms with E-state index in [0.717, 1.165) is 21.3 Å². The van der Waals surface area contributed by atoms with Crippen molar-refractivity contribution in [2.45, 2.75) is 20.0 Å². The van der Waals surface area contributed by atoms with Gasteiger partial charge >= 0.3 is 0 Å². The summed E-state index contributed by atoms with van der Waals surface area (Å²) in [5.74, 6) is 0.680. The molecule has 0 fully saturated rings. The van der Waals surface area contributed by atoms with E-state index in [9.17, 15) is 5.11 Å². The van der Waals surface area contributed by atoms with E-state index in [-0.39, 0.29) is 0 Å². The van der Waals surface area contributed by atoms with Crippen molar-refractivity contribution in [3.05, 3.63) is 46.2 Å². The Labute approximate surface area is 109 Å².